The lowest BCUT2D eigenvalue weighted by molar-refractivity contribution is 0.0956. The molecule has 1 aliphatic carbocycles. The monoisotopic (exact) mass is 196 g/mol. The fourth-order valence-corrected chi connectivity index (χ4v) is 1.95. The average molecular weight is 196 g/mol. The third kappa shape index (κ3) is 1.65. The first kappa shape index (κ1) is 9.61. The Kier molecular flexibility index (Phi) is 2.28. The molecule has 0 atom stereocenters. The van der Waals surface area contributed by atoms with Gasteiger partial charge in [0.1, 0.15) is 5.69 Å². The van der Waals surface area contributed by atoms with Gasteiger partial charge in [0, 0.05) is 13.2 Å². The quantitative estimate of drug-likeness (QED) is 0.657. The van der Waals surface area contributed by atoms with Crippen LogP contribution in [-0.4, -0.2) is 26.2 Å². The fourth-order valence-electron chi connectivity index (χ4n) is 1.95. The lowest BCUT2D eigenvalue weighted by Crippen LogP contribution is -2.42. The molecule has 1 aromatic heterocycles. The number of hydrogen-bond donors (Lipinski definition) is 2. The zero-order valence-corrected chi connectivity index (χ0v) is 8.35. The van der Waals surface area contributed by atoms with E-state index in [1.807, 2.05) is 13.2 Å². The van der Waals surface area contributed by atoms with Gasteiger partial charge in [-0.1, -0.05) is 5.21 Å². The molecule has 14 heavy (non-hydrogen) atoms. The molecule has 78 valence electrons. The summed E-state index contributed by atoms with van der Waals surface area (Å²) in [5.41, 5.74) is 6.69. The molecular formula is C9H16N4O. The van der Waals surface area contributed by atoms with Crippen molar-refractivity contribution in [3.05, 3.63) is 11.9 Å². The highest BCUT2D eigenvalue weighted by atomic mass is 16.3. The first-order valence-corrected chi connectivity index (χ1v) is 4.94. The molecule has 0 aromatic carbocycles. The number of aliphatic hydroxyl groups is 1. The van der Waals surface area contributed by atoms with E-state index >= 15 is 0 Å². The fraction of sp³-hybridized carbons (Fsp3) is 0.778. The van der Waals surface area contributed by atoms with Crippen LogP contribution in [0.2, 0.25) is 0 Å². The number of aliphatic hydroxyl groups excluding tert-OH is 1. The maximum Gasteiger partial charge on any atom is 0.102 e. The molecule has 0 saturated heterocycles. The molecule has 0 unspecified atom stereocenters. The topological polar surface area (TPSA) is 77.0 Å². The van der Waals surface area contributed by atoms with Crippen molar-refractivity contribution in [2.75, 3.05) is 0 Å². The Bertz CT molecular complexity index is 314. The van der Waals surface area contributed by atoms with Crippen LogP contribution < -0.4 is 5.73 Å². The van der Waals surface area contributed by atoms with E-state index in [0.29, 0.717) is 0 Å². The summed E-state index contributed by atoms with van der Waals surface area (Å²) >= 11 is 0. The summed E-state index contributed by atoms with van der Waals surface area (Å²) in [6.45, 7) is 0. The summed E-state index contributed by atoms with van der Waals surface area (Å²) in [6.07, 6.45) is 4.75. The van der Waals surface area contributed by atoms with E-state index in [1.165, 1.54) is 0 Å². The molecule has 1 aromatic rings. The Morgan fingerprint density at radius 2 is 2.21 bits per heavy atom. The minimum atomic E-state index is -0.381. The number of hydrogen-bond acceptors (Lipinski definition) is 4. The molecule has 0 radical (unpaired) electrons. The minimum absolute atomic E-state index is 0.191. The van der Waals surface area contributed by atoms with Crippen molar-refractivity contribution < 1.29 is 5.11 Å². The maximum absolute atomic E-state index is 9.40. The second kappa shape index (κ2) is 3.33. The van der Waals surface area contributed by atoms with Gasteiger partial charge in [0.2, 0.25) is 0 Å². The van der Waals surface area contributed by atoms with Crippen LogP contribution >= 0.6 is 0 Å². The van der Waals surface area contributed by atoms with Gasteiger partial charge in [-0.2, -0.15) is 0 Å². The van der Waals surface area contributed by atoms with Crippen LogP contribution in [0.15, 0.2) is 6.20 Å². The molecule has 3 N–H and O–H groups in total. The summed E-state index contributed by atoms with van der Waals surface area (Å²) in [4.78, 5) is 0. The van der Waals surface area contributed by atoms with Crippen LogP contribution in [-0.2, 0) is 12.6 Å². The van der Waals surface area contributed by atoms with Gasteiger partial charge in [-0.05, 0) is 25.7 Å². The predicted molar refractivity (Wildman–Crippen MR) is 51.3 cm³/mol. The Morgan fingerprint density at radius 1 is 1.57 bits per heavy atom. The van der Waals surface area contributed by atoms with Crippen molar-refractivity contribution in [2.24, 2.45) is 12.8 Å². The van der Waals surface area contributed by atoms with Crippen molar-refractivity contribution >= 4 is 0 Å². The van der Waals surface area contributed by atoms with Gasteiger partial charge in [0.05, 0.1) is 11.6 Å². The summed E-state index contributed by atoms with van der Waals surface area (Å²) in [7, 11) is 1.83. The van der Waals surface area contributed by atoms with Crippen molar-refractivity contribution in [1.29, 1.82) is 0 Å². The number of aryl methyl sites for hydroxylation is 1. The second-order valence-corrected chi connectivity index (χ2v) is 4.16. The molecule has 0 bridgehead atoms. The van der Waals surface area contributed by atoms with Crippen molar-refractivity contribution in [2.45, 2.75) is 37.3 Å². The van der Waals surface area contributed by atoms with Gasteiger partial charge in [-0.15, -0.1) is 5.10 Å². The van der Waals surface area contributed by atoms with Crippen LogP contribution in [0.1, 0.15) is 31.4 Å². The van der Waals surface area contributed by atoms with Crippen LogP contribution in [0, 0.1) is 0 Å². The van der Waals surface area contributed by atoms with Gasteiger partial charge in [0.25, 0.3) is 0 Å². The molecule has 2 rings (SSSR count). The zero-order valence-electron chi connectivity index (χ0n) is 8.35. The molecule has 1 fully saturated rings. The third-order valence-corrected chi connectivity index (χ3v) is 2.96. The molecule has 1 saturated carbocycles. The summed E-state index contributed by atoms with van der Waals surface area (Å²) in [5.74, 6) is 0. The summed E-state index contributed by atoms with van der Waals surface area (Å²) < 4.78 is 1.66. The first-order chi connectivity index (χ1) is 6.60. The smallest absolute Gasteiger partial charge is 0.102 e. The maximum atomic E-state index is 9.40. The third-order valence-electron chi connectivity index (χ3n) is 2.96. The first-order valence-electron chi connectivity index (χ1n) is 4.94. The van der Waals surface area contributed by atoms with E-state index in [4.69, 9.17) is 5.73 Å². The molecule has 0 spiro atoms. The summed E-state index contributed by atoms with van der Waals surface area (Å²) in [5, 5.41) is 17.3. The van der Waals surface area contributed by atoms with Crippen molar-refractivity contribution in [3.63, 3.8) is 0 Å². The largest absolute Gasteiger partial charge is 0.393 e. The molecular weight excluding hydrogens is 180 g/mol. The van der Waals surface area contributed by atoms with E-state index in [9.17, 15) is 5.11 Å². The van der Waals surface area contributed by atoms with Crippen molar-refractivity contribution in [3.8, 4) is 0 Å². The lowest BCUT2D eigenvalue weighted by atomic mass is 9.79. The van der Waals surface area contributed by atoms with Gasteiger partial charge in [-0.3, -0.25) is 4.68 Å². The van der Waals surface area contributed by atoms with Crippen LogP contribution in [0.25, 0.3) is 0 Å². The van der Waals surface area contributed by atoms with E-state index in [-0.39, 0.29) is 11.6 Å². The Balaban J connectivity index is 2.16. The van der Waals surface area contributed by atoms with Crippen LogP contribution in [0.4, 0.5) is 0 Å². The Hall–Kier alpha value is -0.940. The van der Waals surface area contributed by atoms with Gasteiger partial charge >= 0.3 is 0 Å². The zero-order chi connectivity index (χ0) is 10.2. The standard InChI is InChI=1S/C9H16N4O/c1-13-6-8(11-12-13)9(10)4-2-7(14)3-5-9/h6-7,14H,2-5,10H2,1H3. The molecule has 1 aliphatic rings. The highest BCUT2D eigenvalue weighted by Gasteiger charge is 2.34. The molecule has 5 nitrogen and oxygen atoms in total. The second-order valence-electron chi connectivity index (χ2n) is 4.16. The van der Waals surface area contributed by atoms with Gasteiger partial charge < -0.3 is 10.8 Å². The highest BCUT2D eigenvalue weighted by Crippen LogP contribution is 2.33. The average Bonchev–Trinajstić information content (AvgIpc) is 2.58. The SMILES string of the molecule is Cn1cc(C2(N)CCC(O)CC2)nn1. The highest BCUT2D eigenvalue weighted by molar-refractivity contribution is 5.11. The number of rotatable bonds is 1. The molecule has 0 amide bonds. The van der Waals surface area contributed by atoms with E-state index in [0.717, 1.165) is 31.4 Å². The normalized spacial score (nSPS) is 33.2. The summed E-state index contributed by atoms with van der Waals surface area (Å²) in [6, 6.07) is 0. The Morgan fingerprint density at radius 3 is 2.71 bits per heavy atom. The van der Waals surface area contributed by atoms with Crippen LogP contribution in [0.3, 0.4) is 0 Å². The number of nitrogens with zero attached hydrogens (tertiary/aromatic N) is 3. The molecule has 0 aliphatic heterocycles. The minimum Gasteiger partial charge on any atom is -0.393 e. The van der Waals surface area contributed by atoms with Crippen LogP contribution in [0.5, 0.6) is 0 Å². The predicted octanol–water partition coefficient (Wildman–Crippen LogP) is -0.0960. The van der Waals surface area contributed by atoms with E-state index in [1.54, 1.807) is 4.68 Å². The molecule has 1 heterocycles. The Labute approximate surface area is 82.9 Å². The van der Waals surface area contributed by atoms with Gasteiger partial charge in [-0.25, -0.2) is 0 Å². The lowest BCUT2D eigenvalue weighted by Gasteiger charge is -2.33. The van der Waals surface area contributed by atoms with Gasteiger partial charge in [0.15, 0.2) is 0 Å². The number of aromatic nitrogens is 3. The van der Waals surface area contributed by atoms with Crippen molar-refractivity contribution in [1.82, 2.24) is 15.0 Å². The molecule has 5 heteroatoms. The number of nitrogens with two attached hydrogens (primary N) is 1. The van der Waals surface area contributed by atoms with E-state index in [2.05, 4.69) is 10.3 Å². The van der Waals surface area contributed by atoms with E-state index < -0.39 is 0 Å².